The standard InChI is InChI=1S/C16H18ClN3O4S/c1-9-11(5-6-21)15(23)20-16(18-9)25-8-14(22)19-12-7-10(17)3-4-13(12)24-2/h3-4,7,21H,5-6,8H2,1-2H3,(H,19,22)(H,18,20,23). The molecule has 9 heteroatoms. The van der Waals surface area contributed by atoms with Crippen LogP contribution in [0.15, 0.2) is 28.2 Å². The van der Waals surface area contributed by atoms with E-state index in [0.717, 1.165) is 11.8 Å². The molecule has 0 aliphatic carbocycles. The minimum absolute atomic E-state index is 0.0530. The first-order valence-corrected chi connectivity index (χ1v) is 8.77. The molecule has 0 saturated heterocycles. The molecule has 3 N–H and O–H groups in total. The van der Waals surface area contributed by atoms with E-state index in [9.17, 15) is 9.59 Å². The predicted octanol–water partition coefficient (Wildman–Crippen LogP) is 2.01. The summed E-state index contributed by atoms with van der Waals surface area (Å²) in [6, 6.07) is 4.92. The molecule has 2 rings (SSSR count). The van der Waals surface area contributed by atoms with Crippen molar-refractivity contribution in [1.29, 1.82) is 0 Å². The van der Waals surface area contributed by atoms with Crippen LogP contribution in [0.3, 0.4) is 0 Å². The summed E-state index contributed by atoms with van der Waals surface area (Å²) in [6.07, 6.45) is 0.244. The molecule has 0 unspecified atom stereocenters. The number of aryl methyl sites for hydroxylation is 1. The number of amides is 1. The highest BCUT2D eigenvalue weighted by atomic mass is 35.5. The van der Waals surface area contributed by atoms with Crippen molar-refractivity contribution in [2.75, 3.05) is 24.8 Å². The van der Waals surface area contributed by atoms with Crippen LogP contribution in [0.5, 0.6) is 5.75 Å². The smallest absolute Gasteiger partial charge is 0.255 e. The quantitative estimate of drug-likeness (QED) is 0.499. The van der Waals surface area contributed by atoms with E-state index >= 15 is 0 Å². The van der Waals surface area contributed by atoms with Crippen molar-refractivity contribution in [2.24, 2.45) is 0 Å². The van der Waals surface area contributed by atoms with Gasteiger partial charge in [0.15, 0.2) is 5.16 Å². The molecule has 1 aromatic heterocycles. The van der Waals surface area contributed by atoms with Crippen LogP contribution in [-0.2, 0) is 11.2 Å². The van der Waals surface area contributed by atoms with E-state index in [1.807, 2.05) is 0 Å². The number of aliphatic hydroxyl groups excluding tert-OH is 1. The van der Waals surface area contributed by atoms with Gasteiger partial charge >= 0.3 is 0 Å². The number of hydrogen-bond donors (Lipinski definition) is 3. The van der Waals surface area contributed by atoms with Crippen molar-refractivity contribution in [1.82, 2.24) is 9.97 Å². The molecular weight excluding hydrogens is 366 g/mol. The number of aromatic nitrogens is 2. The lowest BCUT2D eigenvalue weighted by Gasteiger charge is -2.10. The second-order valence-corrected chi connectivity index (χ2v) is 6.49. The summed E-state index contributed by atoms with van der Waals surface area (Å²) in [5, 5.41) is 12.5. The number of aromatic amines is 1. The summed E-state index contributed by atoms with van der Waals surface area (Å²) in [7, 11) is 1.50. The van der Waals surface area contributed by atoms with Gasteiger partial charge in [0.25, 0.3) is 5.56 Å². The molecule has 1 aromatic carbocycles. The van der Waals surface area contributed by atoms with Crippen LogP contribution >= 0.6 is 23.4 Å². The summed E-state index contributed by atoms with van der Waals surface area (Å²) in [5.41, 5.74) is 1.15. The molecule has 0 radical (unpaired) electrons. The Hall–Kier alpha value is -2.03. The van der Waals surface area contributed by atoms with E-state index in [-0.39, 0.29) is 30.2 Å². The number of H-pyrrole nitrogens is 1. The number of methoxy groups -OCH3 is 1. The van der Waals surface area contributed by atoms with Gasteiger partial charge in [-0.1, -0.05) is 23.4 Å². The van der Waals surface area contributed by atoms with Crippen LogP contribution in [0.25, 0.3) is 0 Å². The zero-order chi connectivity index (χ0) is 18.4. The van der Waals surface area contributed by atoms with Crippen LogP contribution in [0.2, 0.25) is 5.02 Å². The molecule has 25 heavy (non-hydrogen) atoms. The number of nitrogens with zero attached hydrogens (tertiary/aromatic N) is 1. The van der Waals surface area contributed by atoms with Crippen molar-refractivity contribution in [3.8, 4) is 5.75 Å². The normalized spacial score (nSPS) is 10.6. The molecular formula is C16H18ClN3O4S. The number of hydrogen-bond acceptors (Lipinski definition) is 6. The number of aliphatic hydroxyl groups is 1. The van der Waals surface area contributed by atoms with Gasteiger partial charge < -0.3 is 20.1 Å². The summed E-state index contributed by atoms with van der Waals surface area (Å²) in [6.45, 7) is 1.57. The van der Waals surface area contributed by atoms with Gasteiger partial charge in [0.2, 0.25) is 5.91 Å². The maximum atomic E-state index is 12.1. The van der Waals surface area contributed by atoms with E-state index in [1.165, 1.54) is 7.11 Å². The Kier molecular flexibility index (Phi) is 6.86. The minimum Gasteiger partial charge on any atom is -0.495 e. The number of halogens is 1. The number of ether oxygens (including phenoxy) is 1. The summed E-state index contributed by atoms with van der Waals surface area (Å²) >= 11 is 7.03. The molecule has 1 amide bonds. The summed E-state index contributed by atoms with van der Waals surface area (Å²) < 4.78 is 5.17. The highest BCUT2D eigenvalue weighted by molar-refractivity contribution is 7.99. The van der Waals surface area contributed by atoms with Gasteiger partial charge in [-0.25, -0.2) is 4.98 Å². The van der Waals surface area contributed by atoms with Gasteiger partial charge in [0, 0.05) is 29.3 Å². The van der Waals surface area contributed by atoms with Gasteiger partial charge in [-0.2, -0.15) is 0 Å². The first kappa shape index (κ1) is 19.3. The van der Waals surface area contributed by atoms with Crippen molar-refractivity contribution >= 4 is 35.0 Å². The third kappa shape index (κ3) is 5.22. The van der Waals surface area contributed by atoms with Gasteiger partial charge in [0.05, 0.1) is 18.6 Å². The fourth-order valence-electron chi connectivity index (χ4n) is 2.16. The largest absolute Gasteiger partial charge is 0.495 e. The number of thioether (sulfide) groups is 1. The maximum absolute atomic E-state index is 12.1. The monoisotopic (exact) mass is 383 g/mol. The summed E-state index contributed by atoms with van der Waals surface area (Å²) in [4.78, 5) is 30.9. The van der Waals surface area contributed by atoms with Crippen LogP contribution < -0.4 is 15.6 Å². The van der Waals surface area contributed by atoms with Gasteiger partial charge in [0.1, 0.15) is 5.75 Å². The van der Waals surface area contributed by atoms with Gasteiger partial charge in [-0.05, 0) is 25.1 Å². The Balaban J connectivity index is 2.03. The molecule has 0 saturated carbocycles. The molecule has 1 heterocycles. The first-order chi connectivity index (χ1) is 11.9. The number of rotatable bonds is 7. The van der Waals surface area contributed by atoms with Crippen molar-refractivity contribution < 1.29 is 14.6 Å². The lowest BCUT2D eigenvalue weighted by Crippen LogP contribution is -2.19. The molecule has 0 aliphatic rings. The Morgan fingerprint density at radius 2 is 2.24 bits per heavy atom. The average molecular weight is 384 g/mol. The Morgan fingerprint density at radius 1 is 1.48 bits per heavy atom. The Labute approximate surface area is 153 Å². The minimum atomic E-state index is -0.305. The zero-order valence-electron chi connectivity index (χ0n) is 13.8. The van der Waals surface area contributed by atoms with E-state index in [2.05, 4.69) is 15.3 Å². The molecule has 0 bridgehead atoms. The zero-order valence-corrected chi connectivity index (χ0v) is 15.3. The number of carbonyl (C=O) groups excluding carboxylic acids is 1. The fraction of sp³-hybridized carbons (Fsp3) is 0.312. The molecule has 134 valence electrons. The summed E-state index contributed by atoms with van der Waals surface area (Å²) in [5.74, 6) is 0.265. The SMILES string of the molecule is COc1ccc(Cl)cc1NC(=O)CSc1nc(C)c(CCO)c(=O)[nH]1. The molecule has 7 nitrogen and oxygen atoms in total. The Bertz CT molecular complexity index is 826. The van der Waals surface area contributed by atoms with Crippen LogP contribution in [0.4, 0.5) is 5.69 Å². The molecule has 0 aliphatic heterocycles. The van der Waals surface area contributed by atoms with E-state index < -0.39 is 0 Å². The van der Waals surface area contributed by atoms with Crippen molar-refractivity contribution in [3.05, 3.63) is 44.8 Å². The predicted molar refractivity (Wildman–Crippen MR) is 97.7 cm³/mol. The van der Waals surface area contributed by atoms with E-state index in [4.69, 9.17) is 21.4 Å². The second-order valence-electron chi connectivity index (χ2n) is 5.09. The maximum Gasteiger partial charge on any atom is 0.255 e. The number of nitrogens with one attached hydrogen (secondary N) is 2. The highest BCUT2D eigenvalue weighted by Crippen LogP contribution is 2.28. The van der Waals surface area contributed by atoms with E-state index in [1.54, 1.807) is 25.1 Å². The van der Waals surface area contributed by atoms with Gasteiger partial charge in [-0.15, -0.1) is 0 Å². The highest BCUT2D eigenvalue weighted by Gasteiger charge is 2.12. The third-order valence-corrected chi connectivity index (χ3v) is 4.45. The van der Waals surface area contributed by atoms with Crippen LogP contribution in [0.1, 0.15) is 11.3 Å². The molecule has 2 aromatic rings. The third-order valence-electron chi connectivity index (χ3n) is 3.34. The molecule has 0 atom stereocenters. The number of anilines is 1. The Morgan fingerprint density at radius 3 is 2.88 bits per heavy atom. The fourth-order valence-corrected chi connectivity index (χ4v) is 3.04. The van der Waals surface area contributed by atoms with Crippen LogP contribution in [0, 0.1) is 6.92 Å². The number of carbonyl (C=O) groups is 1. The average Bonchev–Trinajstić information content (AvgIpc) is 2.56. The van der Waals surface area contributed by atoms with Crippen LogP contribution in [-0.4, -0.2) is 40.5 Å². The topological polar surface area (TPSA) is 104 Å². The number of benzene rings is 1. The molecule has 0 fully saturated rings. The lowest BCUT2D eigenvalue weighted by molar-refractivity contribution is -0.113. The van der Waals surface area contributed by atoms with Crippen molar-refractivity contribution in [2.45, 2.75) is 18.5 Å². The lowest BCUT2D eigenvalue weighted by atomic mass is 10.2. The van der Waals surface area contributed by atoms with Gasteiger partial charge in [-0.3, -0.25) is 9.59 Å². The molecule has 0 spiro atoms. The van der Waals surface area contributed by atoms with E-state index in [0.29, 0.717) is 32.9 Å². The first-order valence-electron chi connectivity index (χ1n) is 7.41. The second kappa shape index (κ2) is 8.89. The van der Waals surface area contributed by atoms with Crippen molar-refractivity contribution in [3.63, 3.8) is 0 Å².